The van der Waals surface area contributed by atoms with Crippen LogP contribution in [0.1, 0.15) is 50.2 Å². The van der Waals surface area contributed by atoms with Crippen molar-refractivity contribution in [3.63, 3.8) is 0 Å². The third-order valence-corrected chi connectivity index (χ3v) is 6.13. The second-order valence-corrected chi connectivity index (χ2v) is 8.45. The molecule has 2 N–H and O–H groups in total. The monoisotopic (exact) mass is 427 g/mol. The van der Waals surface area contributed by atoms with Crippen LogP contribution < -0.4 is 10.7 Å². The van der Waals surface area contributed by atoms with Crippen LogP contribution in [-0.4, -0.2) is 17.5 Å². The van der Waals surface area contributed by atoms with E-state index in [-0.39, 0.29) is 24.2 Å². The lowest BCUT2D eigenvalue weighted by molar-refractivity contribution is -0.121. The molecule has 0 radical (unpaired) electrons. The Morgan fingerprint density at radius 3 is 2.41 bits per heavy atom. The van der Waals surface area contributed by atoms with Gasteiger partial charge in [-0.25, -0.2) is 5.43 Å². The van der Waals surface area contributed by atoms with Crippen LogP contribution >= 0.6 is 0 Å². The average Bonchev–Trinajstić information content (AvgIpc) is 2.84. The Balaban J connectivity index is 1.34. The van der Waals surface area contributed by atoms with Gasteiger partial charge in [-0.2, -0.15) is 5.10 Å². The molecule has 2 amide bonds. The van der Waals surface area contributed by atoms with Gasteiger partial charge in [0.2, 0.25) is 11.8 Å². The SMILES string of the molecule is C/C(=N\NC(=O)Cc1cccc2ccccc12)c1ccc(NC(=O)C2CCCCC2)cc1. The van der Waals surface area contributed by atoms with Gasteiger partial charge in [-0.15, -0.1) is 0 Å². The Labute approximate surface area is 188 Å². The molecule has 3 aromatic carbocycles. The number of hydrogen-bond donors (Lipinski definition) is 2. The second-order valence-electron chi connectivity index (χ2n) is 8.45. The summed E-state index contributed by atoms with van der Waals surface area (Å²) in [6, 6.07) is 21.6. The number of hydrogen-bond acceptors (Lipinski definition) is 3. The molecular weight excluding hydrogens is 398 g/mol. The molecule has 0 saturated heterocycles. The lowest BCUT2D eigenvalue weighted by Crippen LogP contribution is -2.24. The number of benzene rings is 3. The molecule has 164 valence electrons. The van der Waals surface area contributed by atoms with E-state index in [1.165, 1.54) is 6.42 Å². The van der Waals surface area contributed by atoms with Gasteiger partial charge in [0.05, 0.1) is 12.1 Å². The van der Waals surface area contributed by atoms with E-state index in [0.717, 1.165) is 53.3 Å². The van der Waals surface area contributed by atoms with Crippen molar-refractivity contribution in [3.8, 4) is 0 Å². The quantitative estimate of drug-likeness (QED) is 0.406. The first kappa shape index (κ1) is 21.8. The zero-order chi connectivity index (χ0) is 22.3. The fourth-order valence-electron chi connectivity index (χ4n) is 4.27. The molecule has 0 spiro atoms. The number of nitrogens with one attached hydrogen (secondary N) is 2. The van der Waals surface area contributed by atoms with Gasteiger partial charge in [0.1, 0.15) is 0 Å². The van der Waals surface area contributed by atoms with E-state index >= 15 is 0 Å². The molecule has 0 unspecified atom stereocenters. The summed E-state index contributed by atoms with van der Waals surface area (Å²) in [4.78, 5) is 24.9. The Hall–Kier alpha value is -3.47. The molecule has 0 aliphatic heterocycles. The van der Waals surface area contributed by atoms with Gasteiger partial charge in [0, 0.05) is 11.6 Å². The van der Waals surface area contributed by atoms with Crippen LogP contribution in [0.4, 0.5) is 5.69 Å². The largest absolute Gasteiger partial charge is 0.326 e. The summed E-state index contributed by atoms with van der Waals surface area (Å²) in [5.41, 5.74) is 6.03. The minimum Gasteiger partial charge on any atom is -0.326 e. The minimum atomic E-state index is -0.155. The molecule has 0 heterocycles. The number of nitrogens with zero attached hydrogens (tertiary/aromatic N) is 1. The Morgan fingerprint density at radius 2 is 1.62 bits per heavy atom. The number of amides is 2. The molecule has 0 bridgehead atoms. The van der Waals surface area contributed by atoms with Gasteiger partial charge in [0.25, 0.3) is 0 Å². The Kier molecular flexibility index (Phi) is 6.95. The van der Waals surface area contributed by atoms with Crippen molar-refractivity contribution in [2.75, 3.05) is 5.32 Å². The lowest BCUT2D eigenvalue weighted by atomic mass is 9.88. The van der Waals surface area contributed by atoms with Gasteiger partial charge in [-0.3, -0.25) is 9.59 Å². The molecule has 1 fully saturated rings. The average molecular weight is 428 g/mol. The maximum atomic E-state index is 12.5. The fraction of sp³-hybridized carbons (Fsp3) is 0.296. The molecule has 0 aromatic heterocycles. The minimum absolute atomic E-state index is 0.114. The third kappa shape index (κ3) is 5.41. The zero-order valence-corrected chi connectivity index (χ0v) is 18.4. The van der Waals surface area contributed by atoms with E-state index < -0.39 is 0 Å². The maximum Gasteiger partial charge on any atom is 0.244 e. The van der Waals surface area contributed by atoms with Gasteiger partial charge >= 0.3 is 0 Å². The molecule has 5 heteroatoms. The number of carbonyl (C=O) groups excluding carboxylic acids is 2. The molecule has 5 nitrogen and oxygen atoms in total. The number of rotatable bonds is 6. The summed E-state index contributed by atoms with van der Waals surface area (Å²) < 4.78 is 0. The number of carbonyl (C=O) groups is 2. The van der Waals surface area contributed by atoms with E-state index in [0.29, 0.717) is 5.71 Å². The standard InChI is InChI=1S/C27H29N3O2/c1-19(20-14-16-24(17-15-20)28-27(32)22-9-3-2-4-10-22)29-30-26(31)18-23-12-7-11-21-8-5-6-13-25(21)23/h5-8,11-17,22H,2-4,9-10,18H2,1H3,(H,28,32)(H,30,31)/b29-19+. The lowest BCUT2D eigenvalue weighted by Gasteiger charge is -2.20. The highest BCUT2D eigenvalue weighted by Gasteiger charge is 2.21. The molecule has 32 heavy (non-hydrogen) atoms. The summed E-state index contributed by atoms with van der Waals surface area (Å²) in [7, 11) is 0. The smallest absolute Gasteiger partial charge is 0.244 e. The van der Waals surface area contributed by atoms with Crippen molar-refractivity contribution in [1.82, 2.24) is 5.43 Å². The molecule has 3 aromatic rings. The predicted molar refractivity (Wildman–Crippen MR) is 130 cm³/mol. The second kappa shape index (κ2) is 10.2. The molecular formula is C27H29N3O2. The zero-order valence-electron chi connectivity index (χ0n) is 18.4. The van der Waals surface area contributed by atoms with Crippen LogP contribution in [0.5, 0.6) is 0 Å². The van der Waals surface area contributed by atoms with Crippen LogP contribution in [-0.2, 0) is 16.0 Å². The number of anilines is 1. The van der Waals surface area contributed by atoms with Crippen LogP contribution in [0.2, 0.25) is 0 Å². The highest BCUT2D eigenvalue weighted by atomic mass is 16.2. The van der Waals surface area contributed by atoms with Crippen LogP contribution in [0.25, 0.3) is 10.8 Å². The van der Waals surface area contributed by atoms with Crippen molar-refractivity contribution in [2.24, 2.45) is 11.0 Å². The Bertz CT molecular complexity index is 1120. The summed E-state index contributed by atoms with van der Waals surface area (Å²) in [5, 5.41) is 9.48. The summed E-state index contributed by atoms with van der Waals surface area (Å²) >= 11 is 0. The van der Waals surface area contributed by atoms with Crippen LogP contribution in [0.15, 0.2) is 71.8 Å². The molecule has 1 aliphatic rings. The first-order valence-corrected chi connectivity index (χ1v) is 11.3. The summed E-state index contributed by atoms with van der Waals surface area (Å²) in [6.45, 7) is 1.85. The van der Waals surface area contributed by atoms with E-state index in [1.54, 1.807) is 0 Å². The predicted octanol–water partition coefficient (Wildman–Crippen LogP) is 5.44. The highest BCUT2D eigenvalue weighted by Crippen LogP contribution is 2.25. The molecule has 1 saturated carbocycles. The molecule has 1 aliphatic carbocycles. The third-order valence-electron chi connectivity index (χ3n) is 6.13. The van der Waals surface area contributed by atoms with Crippen molar-refractivity contribution >= 4 is 34.0 Å². The van der Waals surface area contributed by atoms with Gasteiger partial charge < -0.3 is 5.32 Å². The van der Waals surface area contributed by atoms with E-state index in [4.69, 9.17) is 0 Å². The fourth-order valence-corrected chi connectivity index (χ4v) is 4.27. The molecule has 0 atom stereocenters. The van der Waals surface area contributed by atoms with Gasteiger partial charge in [-0.1, -0.05) is 73.9 Å². The van der Waals surface area contributed by atoms with Gasteiger partial charge in [-0.05, 0) is 53.8 Å². The van der Waals surface area contributed by atoms with Crippen molar-refractivity contribution in [3.05, 3.63) is 77.9 Å². The summed E-state index contributed by atoms with van der Waals surface area (Å²) in [5.74, 6) is 0.0873. The number of hydrazone groups is 1. The topological polar surface area (TPSA) is 70.6 Å². The summed E-state index contributed by atoms with van der Waals surface area (Å²) in [6.07, 6.45) is 5.74. The van der Waals surface area contributed by atoms with E-state index in [2.05, 4.69) is 15.8 Å². The first-order valence-electron chi connectivity index (χ1n) is 11.3. The van der Waals surface area contributed by atoms with E-state index in [9.17, 15) is 9.59 Å². The first-order chi connectivity index (χ1) is 15.6. The van der Waals surface area contributed by atoms with Crippen molar-refractivity contribution < 1.29 is 9.59 Å². The van der Waals surface area contributed by atoms with Crippen molar-refractivity contribution in [1.29, 1.82) is 0 Å². The van der Waals surface area contributed by atoms with E-state index in [1.807, 2.05) is 73.7 Å². The Morgan fingerprint density at radius 1 is 0.906 bits per heavy atom. The highest BCUT2D eigenvalue weighted by molar-refractivity contribution is 6.00. The van der Waals surface area contributed by atoms with Crippen LogP contribution in [0.3, 0.4) is 0 Å². The van der Waals surface area contributed by atoms with Crippen LogP contribution in [0, 0.1) is 5.92 Å². The maximum absolute atomic E-state index is 12.5. The number of fused-ring (bicyclic) bond motifs is 1. The van der Waals surface area contributed by atoms with Gasteiger partial charge in [0.15, 0.2) is 0 Å². The van der Waals surface area contributed by atoms with Crippen molar-refractivity contribution in [2.45, 2.75) is 45.4 Å². The molecule has 4 rings (SSSR count). The normalized spacial score (nSPS) is 14.8.